The lowest BCUT2D eigenvalue weighted by atomic mass is 9.91. The summed E-state index contributed by atoms with van der Waals surface area (Å²) in [7, 11) is 0. The van der Waals surface area contributed by atoms with Gasteiger partial charge in [0.15, 0.2) is 5.82 Å². The first-order valence-corrected chi connectivity index (χ1v) is 9.23. The molecule has 3 heterocycles. The summed E-state index contributed by atoms with van der Waals surface area (Å²) in [5.41, 5.74) is 1.30. The molecule has 8 nitrogen and oxygen atoms in total. The SMILES string of the molecule is CC(C)c1noc([C@H](NC(=O)c2cc(C(C)C)[nH]n2)C2CCOCC2)n1. The highest BCUT2D eigenvalue weighted by atomic mass is 16.5. The lowest BCUT2D eigenvalue weighted by molar-refractivity contribution is 0.0467. The van der Waals surface area contributed by atoms with Gasteiger partial charge in [-0.05, 0) is 30.7 Å². The van der Waals surface area contributed by atoms with Crippen LogP contribution in [-0.4, -0.2) is 39.5 Å². The van der Waals surface area contributed by atoms with Crippen LogP contribution in [0.1, 0.15) is 86.3 Å². The predicted octanol–water partition coefficient (Wildman–Crippen LogP) is 2.94. The minimum Gasteiger partial charge on any atom is -0.381 e. The van der Waals surface area contributed by atoms with Gasteiger partial charge in [-0.15, -0.1) is 0 Å². The van der Waals surface area contributed by atoms with Crippen molar-refractivity contribution in [2.24, 2.45) is 5.92 Å². The van der Waals surface area contributed by atoms with Crippen molar-refractivity contribution in [3.63, 3.8) is 0 Å². The van der Waals surface area contributed by atoms with Gasteiger partial charge >= 0.3 is 0 Å². The number of nitrogens with zero attached hydrogens (tertiary/aromatic N) is 3. The van der Waals surface area contributed by atoms with E-state index in [0.717, 1.165) is 18.5 Å². The molecule has 2 N–H and O–H groups in total. The second kappa shape index (κ2) is 7.99. The maximum atomic E-state index is 12.7. The summed E-state index contributed by atoms with van der Waals surface area (Å²) < 4.78 is 10.9. The first-order valence-electron chi connectivity index (χ1n) is 9.23. The zero-order valence-electron chi connectivity index (χ0n) is 15.8. The summed E-state index contributed by atoms with van der Waals surface area (Å²) in [6, 6.07) is 1.44. The second-order valence-corrected chi connectivity index (χ2v) is 7.41. The molecule has 26 heavy (non-hydrogen) atoms. The molecule has 0 saturated carbocycles. The standard InChI is InChI=1S/C18H27N5O3/c1-10(2)13-9-14(22-21-13)17(24)19-15(12-5-7-25-8-6-12)18-20-16(11(3)4)23-26-18/h9-12,15H,5-8H2,1-4H3,(H,19,24)(H,21,22)/t15-/m1/s1. The molecule has 1 saturated heterocycles. The maximum Gasteiger partial charge on any atom is 0.272 e. The van der Waals surface area contributed by atoms with Gasteiger partial charge in [0, 0.05) is 24.8 Å². The monoisotopic (exact) mass is 361 g/mol. The second-order valence-electron chi connectivity index (χ2n) is 7.41. The molecule has 1 aliphatic heterocycles. The van der Waals surface area contributed by atoms with Crippen LogP contribution in [-0.2, 0) is 4.74 Å². The Morgan fingerprint density at radius 3 is 2.54 bits per heavy atom. The van der Waals surface area contributed by atoms with Crippen molar-refractivity contribution in [1.29, 1.82) is 0 Å². The Hall–Kier alpha value is -2.22. The highest BCUT2D eigenvalue weighted by Crippen LogP contribution is 2.30. The number of aromatic nitrogens is 4. The van der Waals surface area contributed by atoms with Crippen LogP contribution >= 0.6 is 0 Å². The van der Waals surface area contributed by atoms with Gasteiger partial charge in [-0.1, -0.05) is 32.9 Å². The molecule has 142 valence electrons. The van der Waals surface area contributed by atoms with Crippen molar-refractivity contribution >= 4 is 5.91 Å². The summed E-state index contributed by atoms with van der Waals surface area (Å²) in [5, 5.41) is 14.1. The number of nitrogens with one attached hydrogen (secondary N) is 2. The average molecular weight is 361 g/mol. The van der Waals surface area contributed by atoms with E-state index in [1.807, 2.05) is 27.7 Å². The van der Waals surface area contributed by atoms with Gasteiger partial charge in [-0.2, -0.15) is 10.1 Å². The van der Waals surface area contributed by atoms with Crippen molar-refractivity contribution in [3.8, 4) is 0 Å². The summed E-state index contributed by atoms with van der Waals surface area (Å²) in [5.74, 6) is 1.49. The van der Waals surface area contributed by atoms with Gasteiger partial charge in [0.1, 0.15) is 11.7 Å². The number of hydrogen-bond acceptors (Lipinski definition) is 6. The Labute approximate surface area is 153 Å². The summed E-state index contributed by atoms with van der Waals surface area (Å²) in [6.45, 7) is 9.45. The molecule has 0 aromatic carbocycles. The Balaban J connectivity index is 1.80. The van der Waals surface area contributed by atoms with E-state index in [2.05, 4.69) is 25.7 Å². The summed E-state index contributed by atoms with van der Waals surface area (Å²) in [4.78, 5) is 17.2. The first-order chi connectivity index (χ1) is 12.5. The lowest BCUT2D eigenvalue weighted by Gasteiger charge is -2.28. The zero-order valence-corrected chi connectivity index (χ0v) is 15.8. The van der Waals surface area contributed by atoms with Crippen LogP contribution in [0.25, 0.3) is 0 Å². The predicted molar refractivity (Wildman–Crippen MR) is 94.8 cm³/mol. The van der Waals surface area contributed by atoms with Crippen LogP contribution in [0.5, 0.6) is 0 Å². The summed E-state index contributed by atoms with van der Waals surface area (Å²) in [6.07, 6.45) is 1.67. The van der Waals surface area contributed by atoms with Crippen molar-refractivity contribution < 1.29 is 14.1 Å². The molecule has 2 aromatic heterocycles. The molecule has 1 atom stereocenters. The Morgan fingerprint density at radius 2 is 1.96 bits per heavy atom. The highest BCUT2D eigenvalue weighted by Gasteiger charge is 2.32. The van der Waals surface area contributed by atoms with E-state index < -0.39 is 0 Å². The van der Waals surface area contributed by atoms with Crippen molar-refractivity contribution in [3.05, 3.63) is 29.2 Å². The van der Waals surface area contributed by atoms with E-state index in [-0.39, 0.29) is 29.7 Å². The molecule has 1 fully saturated rings. The molecule has 0 bridgehead atoms. The molecule has 0 aliphatic carbocycles. The summed E-state index contributed by atoms with van der Waals surface area (Å²) >= 11 is 0. The molecule has 0 radical (unpaired) electrons. The van der Waals surface area contributed by atoms with Gasteiger partial charge in [0.2, 0.25) is 5.89 Å². The smallest absolute Gasteiger partial charge is 0.272 e. The van der Waals surface area contributed by atoms with Crippen LogP contribution in [0.3, 0.4) is 0 Å². The van der Waals surface area contributed by atoms with E-state index in [4.69, 9.17) is 9.26 Å². The molecule has 2 aromatic rings. The molecule has 3 rings (SSSR count). The molecule has 0 unspecified atom stereocenters. The van der Waals surface area contributed by atoms with Crippen molar-refractivity contribution in [1.82, 2.24) is 25.7 Å². The Kier molecular flexibility index (Phi) is 5.70. The number of carbonyl (C=O) groups excluding carboxylic acids is 1. The normalized spacial score (nSPS) is 17.0. The minimum absolute atomic E-state index is 0.165. The van der Waals surface area contributed by atoms with E-state index >= 15 is 0 Å². The van der Waals surface area contributed by atoms with E-state index in [9.17, 15) is 4.79 Å². The van der Waals surface area contributed by atoms with Crippen LogP contribution in [0.4, 0.5) is 0 Å². The van der Waals surface area contributed by atoms with E-state index in [1.54, 1.807) is 6.07 Å². The molecule has 0 spiro atoms. The third-order valence-electron chi connectivity index (χ3n) is 4.72. The molecule has 1 aliphatic rings. The molecule has 8 heteroatoms. The lowest BCUT2D eigenvalue weighted by Crippen LogP contribution is -2.36. The van der Waals surface area contributed by atoms with Gasteiger partial charge in [0.25, 0.3) is 5.91 Å². The number of ether oxygens (including phenoxy) is 1. The first kappa shape index (κ1) is 18.6. The topological polar surface area (TPSA) is 106 Å². The zero-order chi connectivity index (χ0) is 18.7. The highest BCUT2D eigenvalue weighted by molar-refractivity contribution is 5.92. The largest absolute Gasteiger partial charge is 0.381 e. The van der Waals surface area contributed by atoms with E-state index in [1.165, 1.54) is 0 Å². The average Bonchev–Trinajstić information content (AvgIpc) is 3.30. The fourth-order valence-corrected chi connectivity index (χ4v) is 3.00. The molecular formula is C18H27N5O3. The fourth-order valence-electron chi connectivity index (χ4n) is 3.00. The molecular weight excluding hydrogens is 334 g/mol. The van der Waals surface area contributed by atoms with Gasteiger partial charge < -0.3 is 14.6 Å². The number of carbonyl (C=O) groups is 1. The number of rotatable bonds is 6. The Bertz CT molecular complexity index is 731. The third-order valence-corrected chi connectivity index (χ3v) is 4.72. The van der Waals surface area contributed by atoms with Crippen LogP contribution in [0.15, 0.2) is 10.6 Å². The van der Waals surface area contributed by atoms with Crippen molar-refractivity contribution in [2.45, 2.75) is 58.4 Å². The van der Waals surface area contributed by atoms with Crippen LogP contribution in [0, 0.1) is 5.92 Å². The van der Waals surface area contributed by atoms with Crippen LogP contribution in [0.2, 0.25) is 0 Å². The number of aromatic amines is 1. The number of hydrogen-bond donors (Lipinski definition) is 2. The van der Waals surface area contributed by atoms with Gasteiger partial charge in [0.05, 0.1) is 0 Å². The van der Waals surface area contributed by atoms with Crippen molar-refractivity contribution in [2.75, 3.05) is 13.2 Å². The quantitative estimate of drug-likeness (QED) is 0.819. The number of H-pyrrole nitrogens is 1. The number of amides is 1. The third kappa shape index (κ3) is 4.12. The minimum atomic E-state index is -0.342. The Morgan fingerprint density at radius 1 is 1.23 bits per heavy atom. The van der Waals surface area contributed by atoms with Gasteiger partial charge in [-0.3, -0.25) is 9.89 Å². The molecule has 1 amide bonds. The fraction of sp³-hybridized carbons (Fsp3) is 0.667. The van der Waals surface area contributed by atoms with Crippen LogP contribution < -0.4 is 5.32 Å². The van der Waals surface area contributed by atoms with E-state index in [0.29, 0.717) is 30.6 Å². The maximum absolute atomic E-state index is 12.7. The van der Waals surface area contributed by atoms with Gasteiger partial charge in [-0.25, -0.2) is 0 Å².